The molecule has 1 amide bonds. The van der Waals surface area contributed by atoms with Crippen molar-refractivity contribution in [2.75, 3.05) is 39.3 Å². The second-order valence-electron chi connectivity index (χ2n) is 6.81. The van der Waals surface area contributed by atoms with E-state index in [0.717, 1.165) is 25.9 Å². The van der Waals surface area contributed by atoms with Crippen molar-refractivity contribution in [1.29, 1.82) is 0 Å². The van der Waals surface area contributed by atoms with Gasteiger partial charge in [-0.3, -0.25) is 9.69 Å². The second kappa shape index (κ2) is 8.15. The topological polar surface area (TPSA) is 59.1 Å². The van der Waals surface area contributed by atoms with Crippen molar-refractivity contribution in [2.24, 2.45) is 0 Å². The third-order valence-electron chi connectivity index (χ3n) is 3.74. The molecule has 0 radical (unpaired) electrons. The molecule has 6 heteroatoms. The van der Waals surface area contributed by atoms with Crippen molar-refractivity contribution in [1.82, 2.24) is 9.80 Å². The van der Waals surface area contributed by atoms with Crippen molar-refractivity contribution in [3.05, 3.63) is 29.8 Å². The Kier molecular flexibility index (Phi) is 6.20. The molecule has 1 aromatic carbocycles. The Morgan fingerprint density at radius 3 is 2.46 bits per heavy atom. The van der Waals surface area contributed by atoms with Crippen LogP contribution >= 0.6 is 0 Å². The molecule has 1 heterocycles. The minimum Gasteiger partial charge on any atom is -0.492 e. The highest BCUT2D eigenvalue weighted by Gasteiger charge is 2.25. The molecule has 0 spiro atoms. The highest BCUT2D eigenvalue weighted by atomic mass is 16.6. The quantitative estimate of drug-likeness (QED) is 0.774. The zero-order valence-electron chi connectivity index (χ0n) is 14.7. The average molecular weight is 334 g/mol. The highest BCUT2D eigenvalue weighted by Crippen LogP contribution is 2.16. The maximum Gasteiger partial charge on any atom is 0.410 e. The van der Waals surface area contributed by atoms with E-state index in [-0.39, 0.29) is 6.09 Å². The number of rotatable bonds is 5. The van der Waals surface area contributed by atoms with Crippen LogP contribution in [0.5, 0.6) is 5.75 Å². The molecule has 24 heavy (non-hydrogen) atoms. The summed E-state index contributed by atoms with van der Waals surface area (Å²) in [6.45, 7) is 9.77. The van der Waals surface area contributed by atoms with Gasteiger partial charge in [-0.2, -0.15) is 0 Å². The Balaban J connectivity index is 1.72. The second-order valence-corrected chi connectivity index (χ2v) is 6.81. The van der Waals surface area contributed by atoms with E-state index < -0.39 is 5.60 Å². The molecule has 132 valence electrons. The number of para-hydroxylation sites is 1. The Labute approximate surface area is 143 Å². The molecule has 0 saturated carbocycles. The van der Waals surface area contributed by atoms with Crippen LogP contribution < -0.4 is 4.74 Å². The number of nitrogens with zero attached hydrogens (tertiary/aromatic N) is 2. The van der Waals surface area contributed by atoms with Crippen molar-refractivity contribution < 1.29 is 19.1 Å². The Morgan fingerprint density at radius 1 is 1.17 bits per heavy atom. The van der Waals surface area contributed by atoms with Crippen LogP contribution in [0.25, 0.3) is 0 Å². The predicted octanol–water partition coefficient (Wildman–Crippen LogP) is 2.43. The highest BCUT2D eigenvalue weighted by molar-refractivity contribution is 5.79. The number of hydrogen-bond acceptors (Lipinski definition) is 5. The monoisotopic (exact) mass is 334 g/mol. The molecule has 1 fully saturated rings. The molecule has 1 saturated heterocycles. The maximum absolute atomic E-state index is 12.0. The largest absolute Gasteiger partial charge is 0.492 e. The summed E-state index contributed by atoms with van der Waals surface area (Å²) in [7, 11) is 0. The maximum atomic E-state index is 12.0. The molecule has 1 aromatic rings. The summed E-state index contributed by atoms with van der Waals surface area (Å²) in [6.07, 6.45) is 0.549. The minimum atomic E-state index is -0.464. The van der Waals surface area contributed by atoms with E-state index in [1.807, 2.05) is 32.9 Å². The van der Waals surface area contributed by atoms with Crippen LogP contribution in [0.4, 0.5) is 4.79 Å². The lowest BCUT2D eigenvalue weighted by Gasteiger charge is -2.35. The number of aldehydes is 1. The van der Waals surface area contributed by atoms with Gasteiger partial charge in [-0.15, -0.1) is 0 Å². The first kappa shape index (κ1) is 18.3. The third-order valence-corrected chi connectivity index (χ3v) is 3.74. The number of carbonyl (C=O) groups is 2. The molecule has 1 aliphatic heterocycles. The molecule has 6 nitrogen and oxygen atoms in total. The van der Waals surface area contributed by atoms with Crippen molar-refractivity contribution in [3.8, 4) is 5.75 Å². The van der Waals surface area contributed by atoms with E-state index in [1.54, 1.807) is 17.0 Å². The van der Waals surface area contributed by atoms with E-state index >= 15 is 0 Å². The van der Waals surface area contributed by atoms with Crippen LogP contribution in [0, 0.1) is 0 Å². The van der Waals surface area contributed by atoms with E-state index in [4.69, 9.17) is 9.47 Å². The average Bonchev–Trinajstić information content (AvgIpc) is 2.54. The summed E-state index contributed by atoms with van der Waals surface area (Å²) < 4.78 is 11.1. The fourth-order valence-corrected chi connectivity index (χ4v) is 2.47. The normalized spacial score (nSPS) is 15.9. The summed E-state index contributed by atoms with van der Waals surface area (Å²) in [5, 5.41) is 0. The standard InChI is InChI=1S/C18H26N2O4/c1-18(2,3)24-17(22)20-10-8-19(9-11-20)12-13-23-16-7-5-4-6-15(16)14-21/h4-7,14H,8-13H2,1-3H3. The molecule has 0 aromatic heterocycles. The molecule has 0 unspecified atom stereocenters. The lowest BCUT2D eigenvalue weighted by atomic mass is 10.2. The van der Waals surface area contributed by atoms with Gasteiger partial charge < -0.3 is 14.4 Å². The number of amides is 1. The molecule has 0 atom stereocenters. The minimum absolute atomic E-state index is 0.252. The zero-order valence-corrected chi connectivity index (χ0v) is 14.7. The lowest BCUT2D eigenvalue weighted by Crippen LogP contribution is -2.50. The zero-order chi connectivity index (χ0) is 17.6. The molecule has 2 rings (SSSR count). The van der Waals surface area contributed by atoms with Crippen LogP contribution in [0.2, 0.25) is 0 Å². The fraction of sp³-hybridized carbons (Fsp3) is 0.556. The Morgan fingerprint density at radius 2 is 1.83 bits per heavy atom. The van der Waals surface area contributed by atoms with E-state index in [0.29, 0.717) is 31.0 Å². The van der Waals surface area contributed by atoms with Gasteiger partial charge >= 0.3 is 6.09 Å². The van der Waals surface area contributed by atoms with Gasteiger partial charge in [-0.1, -0.05) is 12.1 Å². The van der Waals surface area contributed by atoms with Crippen molar-refractivity contribution in [2.45, 2.75) is 26.4 Å². The number of piperazine rings is 1. The first-order valence-electron chi connectivity index (χ1n) is 8.26. The predicted molar refractivity (Wildman–Crippen MR) is 91.6 cm³/mol. The summed E-state index contributed by atoms with van der Waals surface area (Å²) in [5.41, 5.74) is 0.0980. The number of carbonyl (C=O) groups excluding carboxylic acids is 2. The molecule has 0 N–H and O–H groups in total. The van der Waals surface area contributed by atoms with E-state index in [1.165, 1.54) is 0 Å². The lowest BCUT2D eigenvalue weighted by molar-refractivity contribution is 0.0137. The van der Waals surface area contributed by atoms with Crippen LogP contribution in [0.3, 0.4) is 0 Å². The third kappa shape index (κ3) is 5.53. The van der Waals surface area contributed by atoms with Gasteiger partial charge in [-0.05, 0) is 32.9 Å². The summed E-state index contributed by atoms with van der Waals surface area (Å²) in [4.78, 5) is 26.9. The summed E-state index contributed by atoms with van der Waals surface area (Å²) >= 11 is 0. The molecule has 0 bridgehead atoms. The summed E-state index contributed by atoms with van der Waals surface area (Å²) in [5.74, 6) is 0.611. The van der Waals surface area contributed by atoms with E-state index in [2.05, 4.69) is 4.90 Å². The van der Waals surface area contributed by atoms with Gasteiger partial charge in [0.25, 0.3) is 0 Å². The van der Waals surface area contributed by atoms with Gasteiger partial charge in [0.05, 0.1) is 5.56 Å². The van der Waals surface area contributed by atoms with Gasteiger partial charge in [0.15, 0.2) is 6.29 Å². The molecule has 1 aliphatic rings. The Hall–Kier alpha value is -2.08. The van der Waals surface area contributed by atoms with Gasteiger partial charge in [0.2, 0.25) is 0 Å². The van der Waals surface area contributed by atoms with Crippen molar-refractivity contribution in [3.63, 3.8) is 0 Å². The van der Waals surface area contributed by atoms with Crippen LogP contribution in [0.15, 0.2) is 24.3 Å². The summed E-state index contributed by atoms with van der Waals surface area (Å²) in [6, 6.07) is 7.19. The smallest absolute Gasteiger partial charge is 0.410 e. The Bertz CT molecular complexity index is 560. The number of hydrogen-bond donors (Lipinski definition) is 0. The molecular formula is C18H26N2O4. The first-order valence-corrected chi connectivity index (χ1v) is 8.26. The van der Waals surface area contributed by atoms with Crippen LogP contribution in [-0.4, -0.2) is 67.1 Å². The van der Waals surface area contributed by atoms with Crippen LogP contribution in [0.1, 0.15) is 31.1 Å². The number of ether oxygens (including phenoxy) is 2. The molecular weight excluding hydrogens is 308 g/mol. The molecule has 0 aliphatic carbocycles. The fourth-order valence-electron chi connectivity index (χ4n) is 2.47. The van der Waals surface area contributed by atoms with Crippen molar-refractivity contribution >= 4 is 12.4 Å². The number of benzene rings is 1. The van der Waals surface area contributed by atoms with Crippen LogP contribution in [-0.2, 0) is 4.74 Å². The van der Waals surface area contributed by atoms with Gasteiger partial charge in [-0.25, -0.2) is 4.79 Å². The van der Waals surface area contributed by atoms with Gasteiger partial charge in [0.1, 0.15) is 18.0 Å². The van der Waals surface area contributed by atoms with E-state index in [9.17, 15) is 9.59 Å². The first-order chi connectivity index (χ1) is 11.4. The SMILES string of the molecule is CC(C)(C)OC(=O)N1CCN(CCOc2ccccc2C=O)CC1. The van der Waals surface area contributed by atoms with Gasteiger partial charge in [0, 0.05) is 32.7 Å².